The average Bonchev–Trinajstić information content (AvgIpc) is 2.76. The highest BCUT2D eigenvalue weighted by Crippen LogP contribution is 2.30. The number of nitrogens with zero attached hydrogens (tertiary/aromatic N) is 3. The summed E-state index contributed by atoms with van der Waals surface area (Å²) in [6, 6.07) is 3.81. The minimum absolute atomic E-state index is 0.258. The van der Waals surface area contributed by atoms with Crippen molar-refractivity contribution in [2.75, 3.05) is 0 Å². The maximum absolute atomic E-state index is 12.6. The van der Waals surface area contributed by atoms with Gasteiger partial charge in [-0.25, -0.2) is 4.68 Å². The van der Waals surface area contributed by atoms with Crippen LogP contribution < -0.4 is 0 Å². The third-order valence-corrected chi connectivity index (χ3v) is 2.52. The van der Waals surface area contributed by atoms with E-state index in [0.717, 1.165) is 24.3 Å². The van der Waals surface area contributed by atoms with Gasteiger partial charge in [-0.3, -0.25) is 0 Å². The molecule has 0 saturated carbocycles. The Labute approximate surface area is 108 Å². The van der Waals surface area contributed by atoms with E-state index in [1.165, 1.54) is 0 Å². The fraction of sp³-hybridized carbons (Fsp3) is 0.273. The highest BCUT2D eigenvalue weighted by atomic mass is 19.4. The summed E-state index contributed by atoms with van der Waals surface area (Å²) in [6.45, 7) is -0.313. The number of alkyl halides is 6. The molecule has 0 unspecified atom stereocenters. The van der Waals surface area contributed by atoms with E-state index in [1.54, 1.807) is 0 Å². The van der Waals surface area contributed by atoms with E-state index in [9.17, 15) is 26.3 Å². The standard InChI is InChI=1S/C11H7F6N3/c12-10(13,14)8-3-1-7(2-4-8)6-20-9(5-18-19-20)11(15,16)17/h1-5H,6H2. The van der Waals surface area contributed by atoms with Crippen molar-refractivity contribution in [1.82, 2.24) is 15.0 Å². The molecule has 108 valence electrons. The van der Waals surface area contributed by atoms with E-state index in [2.05, 4.69) is 10.3 Å². The molecular weight excluding hydrogens is 288 g/mol. The Hall–Kier alpha value is -2.06. The summed E-state index contributed by atoms with van der Waals surface area (Å²) in [5.41, 5.74) is -1.66. The van der Waals surface area contributed by atoms with Crippen LogP contribution in [0.2, 0.25) is 0 Å². The second-order valence-corrected chi connectivity index (χ2v) is 3.97. The minimum atomic E-state index is -4.62. The third-order valence-electron chi connectivity index (χ3n) is 2.52. The van der Waals surface area contributed by atoms with Gasteiger partial charge in [-0.2, -0.15) is 26.3 Å². The number of aromatic nitrogens is 3. The molecule has 0 saturated heterocycles. The van der Waals surface area contributed by atoms with Crippen molar-refractivity contribution in [1.29, 1.82) is 0 Å². The molecule has 0 radical (unpaired) electrons. The highest BCUT2D eigenvalue weighted by Gasteiger charge is 2.35. The minimum Gasteiger partial charge on any atom is -0.236 e. The van der Waals surface area contributed by atoms with Gasteiger partial charge in [0.05, 0.1) is 18.3 Å². The van der Waals surface area contributed by atoms with E-state index in [0.29, 0.717) is 10.9 Å². The number of benzene rings is 1. The highest BCUT2D eigenvalue weighted by molar-refractivity contribution is 5.25. The van der Waals surface area contributed by atoms with Crippen molar-refractivity contribution in [3.63, 3.8) is 0 Å². The second-order valence-electron chi connectivity index (χ2n) is 3.97. The summed E-state index contributed by atoms with van der Waals surface area (Å²) in [7, 11) is 0. The SMILES string of the molecule is FC(F)(F)c1ccc(Cn2nncc2C(F)(F)F)cc1. The Morgan fingerprint density at radius 1 is 0.900 bits per heavy atom. The molecule has 0 aliphatic carbocycles. The number of halogens is 6. The molecule has 20 heavy (non-hydrogen) atoms. The summed E-state index contributed by atoms with van der Waals surface area (Å²) in [5.74, 6) is 0. The van der Waals surface area contributed by atoms with E-state index in [-0.39, 0.29) is 12.1 Å². The van der Waals surface area contributed by atoms with Gasteiger partial charge in [0.25, 0.3) is 0 Å². The maximum Gasteiger partial charge on any atom is 0.434 e. The normalized spacial score (nSPS) is 12.7. The van der Waals surface area contributed by atoms with Gasteiger partial charge in [0.2, 0.25) is 0 Å². The molecule has 2 aromatic rings. The summed E-state index contributed by atoms with van der Waals surface area (Å²) in [4.78, 5) is 0. The van der Waals surface area contributed by atoms with Crippen LogP contribution in [-0.2, 0) is 18.9 Å². The fourth-order valence-electron chi connectivity index (χ4n) is 1.57. The Morgan fingerprint density at radius 3 is 2.00 bits per heavy atom. The van der Waals surface area contributed by atoms with Crippen LogP contribution in [0.3, 0.4) is 0 Å². The lowest BCUT2D eigenvalue weighted by molar-refractivity contribution is -0.144. The first-order valence-corrected chi connectivity index (χ1v) is 5.30. The molecule has 0 bridgehead atoms. The molecule has 1 aromatic heterocycles. The van der Waals surface area contributed by atoms with Crippen LogP contribution in [0.4, 0.5) is 26.3 Å². The van der Waals surface area contributed by atoms with Crippen molar-refractivity contribution in [2.24, 2.45) is 0 Å². The van der Waals surface area contributed by atoms with Crippen molar-refractivity contribution in [2.45, 2.75) is 18.9 Å². The quantitative estimate of drug-likeness (QED) is 0.795. The Balaban J connectivity index is 2.22. The van der Waals surface area contributed by atoms with Crippen LogP contribution in [-0.4, -0.2) is 15.0 Å². The van der Waals surface area contributed by atoms with Gasteiger partial charge in [0.1, 0.15) is 0 Å². The topological polar surface area (TPSA) is 30.7 Å². The number of rotatable bonds is 2. The Bertz CT molecular complexity index is 581. The molecule has 0 aliphatic heterocycles. The predicted octanol–water partition coefficient (Wildman–Crippen LogP) is 3.36. The maximum atomic E-state index is 12.6. The molecule has 0 N–H and O–H groups in total. The lowest BCUT2D eigenvalue weighted by Crippen LogP contribution is -2.15. The number of hydrogen-bond acceptors (Lipinski definition) is 2. The van der Waals surface area contributed by atoms with E-state index < -0.39 is 23.6 Å². The van der Waals surface area contributed by atoms with Gasteiger partial charge in [0.15, 0.2) is 5.69 Å². The molecule has 0 aliphatic rings. The average molecular weight is 295 g/mol. The lowest BCUT2D eigenvalue weighted by Gasteiger charge is -2.10. The van der Waals surface area contributed by atoms with Crippen molar-refractivity contribution >= 4 is 0 Å². The first-order valence-electron chi connectivity index (χ1n) is 5.30. The molecule has 0 amide bonds. The van der Waals surface area contributed by atoms with E-state index >= 15 is 0 Å². The molecular formula is C11H7F6N3. The van der Waals surface area contributed by atoms with E-state index in [1.807, 2.05) is 0 Å². The Kier molecular flexibility index (Phi) is 3.45. The molecule has 9 heteroatoms. The van der Waals surface area contributed by atoms with Crippen LogP contribution in [0, 0.1) is 0 Å². The van der Waals surface area contributed by atoms with Gasteiger partial charge in [-0.1, -0.05) is 17.3 Å². The van der Waals surface area contributed by atoms with Crippen molar-refractivity contribution < 1.29 is 26.3 Å². The van der Waals surface area contributed by atoms with E-state index in [4.69, 9.17) is 0 Å². The molecule has 0 fully saturated rings. The van der Waals surface area contributed by atoms with Gasteiger partial charge in [0, 0.05) is 0 Å². The molecule has 0 atom stereocenters. The van der Waals surface area contributed by atoms with Gasteiger partial charge in [-0.05, 0) is 17.7 Å². The molecule has 1 heterocycles. The van der Waals surface area contributed by atoms with Gasteiger partial charge >= 0.3 is 12.4 Å². The van der Waals surface area contributed by atoms with Crippen LogP contribution in [0.1, 0.15) is 16.8 Å². The monoisotopic (exact) mass is 295 g/mol. The zero-order valence-electron chi connectivity index (χ0n) is 9.70. The Morgan fingerprint density at radius 2 is 1.50 bits per heavy atom. The smallest absolute Gasteiger partial charge is 0.236 e. The van der Waals surface area contributed by atoms with Gasteiger partial charge < -0.3 is 0 Å². The molecule has 3 nitrogen and oxygen atoms in total. The number of hydrogen-bond donors (Lipinski definition) is 0. The zero-order valence-corrected chi connectivity index (χ0v) is 9.70. The lowest BCUT2D eigenvalue weighted by atomic mass is 10.1. The van der Waals surface area contributed by atoms with Crippen molar-refractivity contribution in [3.05, 3.63) is 47.3 Å². The molecule has 1 aromatic carbocycles. The van der Waals surface area contributed by atoms with Crippen LogP contribution >= 0.6 is 0 Å². The predicted molar refractivity (Wildman–Crippen MR) is 55.6 cm³/mol. The first kappa shape index (κ1) is 14.4. The van der Waals surface area contributed by atoms with Gasteiger partial charge in [-0.15, -0.1) is 5.10 Å². The van der Waals surface area contributed by atoms with Crippen LogP contribution in [0.15, 0.2) is 30.5 Å². The first-order chi connectivity index (χ1) is 9.18. The third kappa shape index (κ3) is 3.09. The van der Waals surface area contributed by atoms with Crippen LogP contribution in [0.5, 0.6) is 0 Å². The molecule has 2 rings (SSSR count). The molecule has 0 spiro atoms. The largest absolute Gasteiger partial charge is 0.434 e. The summed E-state index contributed by atoms with van der Waals surface area (Å²) in [6.07, 6.45) is -8.54. The van der Waals surface area contributed by atoms with Crippen LogP contribution in [0.25, 0.3) is 0 Å². The summed E-state index contributed by atoms with van der Waals surface area (Å²) < 4.78 is 75.3. The fourth-order valence-corrected chi connectivity index (χ4v) is 1.57. The van der Waals surface area contributed by atoms with Crippen molar-refractivity contribution in [3.8, 4) is 0 Å². The summed E-state index contributed by atoms with van der Waals surface area (Å²) >= 11 is 0. The second kappa shape index (κ2) is 4.80. The zero-order chi connectivity index (χ0) is 15.0. The summed E-state index contributed by atoms with van der Waals surface area (Å²) in [5, 5.41) is 6.43.